The fraction of sp³-hybridized carbons (Fsp3) is 0.348. The van der Waals surface area contributed by atoms with Gasteiger partial charge in [-0.25, -0.2) is 0 Å². The van der Waals surface area contributed by atoms with E-state index in [0.717, 1.165) is 25.2 Å². The molecule has 0 bridgehead atoms. The minimum absolute atomic E-state index is 1.04. The van der Waals surface area contributed by atoms with Crippen molar-refractivity contribution in [3.63, 3.8) is 0 Å². The normalized spacial score (nSPS) is 15.5. The molecule has 3 heterocycles. The Morgan fingerprint density at radius 1 is 1.15 bits per heavy atom. The van der Waals surface area contributed by atoms with Gasteiger partial charge in [-0.3, -0.25) is 4.98 Å². The first kappa shape index (κ1) is 17.0. The average molecular weight is 345 g/mol. The number of likely N-dealkylation sites (N-methyl/N-ethyl adjacent to an activating group) is 1. The van der Waals surface area contributed by atoms with E-state index in [-0.39, 0.29) is 0 Å². The molecule has 3 aromatic rings. The molecule has 0 aliphatic carbocycles. The zero-order chi connectivity index (χ0) is 18.4. The lowest BCUT2D eigenvalue weighted by Crippen LogP contribution is -2.26. The Balaban J connectivity index is 1.90. The van der Waals surface area contributed by atoms with Crippen LogP contribution in [0.4, 0.5) is 0 Å². The second kappa shape index (κ2) is 6.40. The highest BCUT2D eigenvalue weighted by Gasteiger charge is 2.22. The van der Waals surface area contributed by atoms with E-state index >= 15 is 0 Å². The Labute approximate surface area is 156 Å². The molecule has 1 aliphatic heterocycles. The van der Waals surface area contributed by atoms with Gasteiger partial charge in [0.2, 0.25) is 0 Å². The smallest absolute Gasteiger partial charge is 0.0557 e. The van der Waals surface area contributed by atoms with Gasteiger partial charge in [-0.05, 0) is 79.9 Å². The van der Waals surface area contributed by atoms with Crippen LogP contribution >= 0.6 is 0 Å². The van der Waals surface area contributed by atoms with E-state index in [9.17, 15) is 0 Å². The summed E-state index contributed by atoms with van der Waals surface area (Å²) in [5, 5.41) is 1.41. The van der Waals surface area contributed by atoms with E-state index in [4.69, 9.17) is 0 Å². The van der Waals surface area contributed by atoms with E-state index < -0.39 is 0 Å². The van der Waals surface area contributed by atoms with E-state index in [2.05, 4.69) is 72.7 Å². The molecule has 134 valence electrons. The second-order valence-electron chi connectivity index (χ2n) is 7.74. The first-order valence-electron chi connectivity index (χ1n) is 9.34. The number of fused-ring (bicyclic) bond motifs is 3. The molecular formula is C23H27N3. The van der Waals surface area contributed by atoms with Crippen molar-refractivity contribution in [2.45, 2.75) is 33.7 Å². The molecule has 1 aliphatic rings. The maximum absolute atomic E-state index is 4.45. The summed E-state index contributed by atoms with van der Waals surface area (Å²) in [4.78, 5) is 6.87. The number of benzene rings is 1. The summed E-state index contributed by atoms with van der Waals surface area (Å²) in [6.45, 7) is 8.58. The number of aryl methyl sites for hydroxylation is 3. The molecule has 0 amide bonds. The molecule has 1 aromatic carbocycles. The topological polar surface area (TPSA) is 21.1 Å². The Morgan fingerprint density at radius 3 is 2.69 bits per heavy atom. The monoisotopic (exact) mass is 345 g/mol. The van der Waals surface area contributed by atoms with Crippen LogP contribution in [0.1, 0.15) is 40.6 Å². The number of hydrogen-bond donors (Lipinski definition) is 0. The van der Waals surface area contributed by atoms with Gasteiger partial charge in [-0.15, -0.1) is 0 Å². The van der Waals surface area contributed by atoms with Crippen LogP contribution in [-0.2, 0) is 20.0 Å². The van der Waals surface area contributed by atoms with Gasteiger partial charge in [0.1, 0.15) is 0 Å². The molecule has 0 saturated heterocycles. The Morgan fingerprint density at radius 2 is 1.96 bits per heavy atom. The van der Waals surface area contributed by atoms with Gasteiger partial charge >= 0.3 is 0 Å². The summed E-state index contributed by atoms with van der Waals surface area (Å²) in [7, 11) is 4.44. The first-order valence-corrected chi connectivity index (χ1v) is 9.34. The van der Waals surface area contributed by atoms with Gasteiger partial charge < -0.3 is 9.47 Å². The lowest BCUT2D eigenvalue weighted by atomic mass is 9.99. The van der Waals surface area contributed by atoms with Gasteiger partial charge in [0, 0.05) is 49.5 Å². The third kappa shape index (κ3) is 2.86. The molecule has 0 saturated carbocycles. The highest BCUT2D eigenvalue weighted by Crippen LogP contribution is 2.34. The highest BCUT2D eigenvalue weighted by atomic mass is 15.1. The minimum atomic E-state index is 1.04. The lowest BCUT2D eigenvalue weighted by molar-refractivity contribution is 0.310. The number of allylic oxidation sites excluding steroid dienone is 1. The zero-order valence-corrected chi connectivity index (χ0v) is 16.4. The third-order valence-corrected chi connectivity index (χ3v) is 5.59. The number of rotatable bonds is 2. The molecule has 26 heavy (non-hydrogen) atoms. The van der Waals surface area contributed by atoms with Crippen molar-refractivity contribution in [1.82, 2.24) is 14.5 Å². The standard InChI is InChI=1S/C23H27N3/c1-15-10-19(12-16(2)18-7-6-17(3)24-13-18)23-20(11-15)21-14-25(4)9-8-22(21)26(23)5/h6-7,10-13H,8-9,14H2,1-5H3/b16-12+. The van der Waals surface area contributed by atoms with Crippen molar-refractivity contribution in [3.05, 3.63) is 64.1 Å². The maximum Gasteiger partial charge on any atom is 0.0557 e. The SMILES string of the molecule is C/C(=C\c1cc(C)cc2c3c(n(C)c12)CCN(C)C3)c1ccc(C)nc1. The molecule has 3 nitrogen and oxygen atoms in total. The highest BCUT2D eigenvalue weighted by molar-refractivity contribution is 5.96. The van der Waals surface area contributed by atoms with Crippen LogP contribution in [0.15, 0.2) is 30.5 Å². The van der Waals surface area contributed by atoms with Gasteiger partial charge in [0.05, 0.1) is 5.52 Å². The number of hydrogen-bond acceptors (Lipinski definition) is 2. The summed E-state index contributed by atoms with van der Waals surface area (Å²) in [5.41, 5.74) is 10.5. The Hall–Kier alpha value is -2.39. The first-order chi connectivity index (χ1) is 12.4. The fourth-order valence-electron chi connectivity index (χ4n) is 4.17. The van der Waals surface area contributed by atoms with Crippen LogP contribution in [0.2, 0.25) is 0 Å². The summed E-state index contributed by atoms with van der Waals surface area (Å²) in [5.74, 6) is 0. The summed E-state index contributed by atoms with van der Waals surface area (Å²) >= 11 is 0. The number of pyridine rings is 1. The summed E-state index contributed by atoms with van der Waals surface area (Å²) in [6, 6.07) is 8.90. The minimum Gasteiger partial charge on any atom is -0.347 e. The molecular weight excluding hydrogens is 318 g/mol. The van der Waals surface area contributed by atoms with Crippen LogP contribution in [0, 0.1) is 13.8 Å². The second-order valence-corrected chi connectivity index (χ2v) is 7.74. The summed E-state index contributed by atoms with van der Waals surface area (Å²) < 4.78 is 2.42. The predicted molar refractivity (Wildman–Crippen MR) is 110 cm³/mol. The van der Waals surface area contributed by atoms with Crippen LogP contribution in [0.25, 0.3) is 22.6 Å². The van der Waals surface area contributed by atoms with Crippen molar-refractivity contribution in [3.8, 4) is 0 Å². The zero-order valence-electron chi connectivity index (χ0n) is 16.4. The molecule has 2 aromatic heterocycles. The van der Waals surface area contributed by atoms with Gasteiger partial charge in [0.15, 0.2) is 0 Å². The van der Waals surface area contributed by atoms with Gasteiger partial charge in [-0.1, -0.05) is 6.07 Å². The molecule has 0 radical (unpaired) electrons. The van der Waals surface area contributed by atoms with Crippen molar-refractivity contribution < 1.29 is 0 Å². The van der Waals surface area contributed by atoms with Crippen molar-refractivity contribution >= 4 is 22.6 Å². The third-order valence-electron chi connectivity index (χ3n) is 5.59. The molecule has 0 fully saturated rings. The Bertz CT molecular complexity index is 1010. The molecule has 0 spiro atoms. The molecule has 0 unspecified atom stereocenters. The van der Waals surface area contributed by atoms with E-state index in [0.29, 0.717) is 0 Å². The van der Waals surface area contributed by atoms with Crippen LogP contribution in [0.3, 0.4) is 0 Å². The fourth-order valence-corrected chi connectivity index (χ4v) is 4.17. The molecule has 3 heteroatoms. The van der Waals surface area contributed by atoms with Crippen LogP contribution in [0.5, 0.6) is 0 Å². The average Bonchev–Trinajstić information content (AvgIpc) is 2.87. The Kier molecular flexibility index (Phi) is 4.20. The van der Waals surface area contributed by atoms with Crippen LogP contribution < -0.4 is 0 Å². The number of aromatic nitrogens is 2. The maximum atomic E-state index is 4.45. The quantitative estimate of drug-likeness (QED) is 0.669. The van der Waals surface area contributed by atoms with E-state index in [1.54, 1.807) is 0 Å². The largest absolute Gasteiger partial charge is 0.347 e. The van der Waals surface area contributed by atoms with E-state index in [1.807, 2.05) is 13.1 Å². The van der Waals surface area contributed by atoms with Crippen molar-refractivity contribution in [2.75, 3.05) is 13.6 Å². The van der Waals surface area contributed by atoms with Crippen molar-refractivity contribution in [2.24, 2.45) is 7.05 Å². The van der Waals surface area contributed by atoms with E-state index in [1.165, 1.54) is 44.4 Å². The molecule has 0 N–H and O–H groups in total. The van der Waals surface area contributed by atoms with Gasteiger partial charge in [-0.2, -0.15) is 0 Å². The van der Waals surface area contributed by atoms with Crippen molar-refractivity contribution in [1.29, 1.82) is 0 Å². The van der Waals surface area contributed by atoms with Crippen LogP contribution in [-0.4, -0.2) is 28.0 Å². The number of nitrogens with zero attached hydrogens (tertiary/aromatic N) is 3. The molecule has 4 rings (SSSR count). The predicted octanol–water partition coefficient (Wildman–Crippen LogP) is 4.74. The molecule has 0 atom stereocenters. The summed E-state index contributed by atoms with van der Waals surface area (Å²) in [6.07, 6.45) is 5.41. The lowest BCUT2D eigenvalue weighted by Gasteiger charge is -2.23. The van der Waals surface area contributed by atoms with Gasteiger partial charge in [0.25, 0.3) is 0 Å².